The zero-order valence-corrected chi connectivity index (χ0v) is 26.8. The van der Waals surface area contributed by atoms with Crippen molar-refractivity contribution in [2.24, 2.45) is 0 Å². The maximum atomic E-state index is 12.8. The highest BCUT2D eigenvalue weighted by Crippen LogP contribution is 2.40. The average Bonchev–Trinajstić information content (AvgIpc) is 3.06. The predicted octanol–water partition coefficient (Wildman–Crippen LogP) is 9.61. The smallest absolute Gasteiger partial charge is 0.220 e. The van der Waals surface area contributed by atoms with Crippen LogP contribution in [0.3, 0.4) is 0 Å². The largest absolute Gasteiger partial charge is 0.374 e. The Morgan fingerprint density at radius 1 is 0.628 bits per heavy atom. The summed E-state index contributed by atoms with van der Waals surface area (Å²) in [5.74, 6) is 0.102. The number of carbonyl (C=O) groups excluding carboxylic acids is 1. The van der Waals surface area contributed by atoms with Gasteiger partial charge in [-0.25, -0.2) is 0 Å². The van der Waals surface area contributed by atoms with E-state index in [1.807, 2.05) is 18.2 Å². The van der Waals surface area contributed by atoms with Crippen molar-refractivity contribution in [3.63, 3.8) is 0 Å². The van der Waals surface area contributed by atoms with Gasteiger partial charge < -0.3 is 14.8 Å². The molecule has 0 fully saturated rings. The zero-order valence-electron chi connectivity index (χ0n) is 26.8. The zero-order chi connectivity index (χ0) is 30.4. The van der Waals surface area contributed by atoms with Gasteiger partial charge in [-0.1, -0.05) is 169 Å². The first-order chi connectivity index (χ1) is 21.2. The molecule has 234 valence electrons. The van der Waals surface area contributed by atoms with Crippen molar-refractivity contribution in [1.82, 2.24) is 5.32 Å². The minimum atomic E-state index is -0.810. The molecule has 0 heterocycles. The molecular weight excluding hydrogens is 530 g/mol. The molecule has 1 unspecified atom stereocenters. The van der Waals surface area contributed by atoms with E-state index in [0.29, 0.717) is 26.2 Å². The fourth-order valence-corrected chi connectivity index (χ4v) is 5.67. The van der Waals surface area contributed by atoms with Gasteiger partial charge in [0.2, 0.25) is 5.91 Å². The van der Waals surface area contributed by atoms with Crippen LogP contribution in [0.4, 0.5) is 0 Å². The van der Waals surface area contributed by atoms with Crippen LogP contribution in [0.2, 0.25) is 0 Å². The summed E-state index contributed by atoms with van der Waals surface area (Å²) in [4.78, 5) is 12.8. The Balaban J connectivity index is 1.66. The van der Waals surface area contributed by atoms with Crippen LogP contribution in [0.15, 0.2) is 91.0 Å². The molecule has 1 amide bonds. The Labute approximate surface area is 261 Å². The van der Waals surface area contributed by atoms with Gasteiger partial charge in [0.1, 0.15) is 5.60 Å². The van der Waals surface area contributed by atoms with Gasteiger partial charge in [0, 0.05) is 19.6 Å². The Hall–Kier alpha value is -2.95. The van der Waals surface area contributed by atoms with E-state index in [2.05, 4.69) is 92.0 Å². The first-order valence-corrected chi connectivity index (χ1v) is 16.9. The van der Waals surface area contributed by atoms with E-state index in [1.54, 1.807) is 0 Å². The lowest BCUT2D eigenvalue weighted by atomic mass is 9.80. The van der Waals surface area contributed by atoms with Crippen LogP contribution in [0.1, 0.15) is 114 Å². The van der Waals surface area contributed by atoms with Crippen molar-refractivity contribution in [3.8, 4) is 0 Å². The van der Waals surface area contributed by atoms with Crippen molar-refractivity contribution in [3.05, 3.63) is 108 Å². The Kier molecular flexibility index (Phi) is 16.8. The Morgan fingerprint density at radius 3 is 1.56 bits per heavy atom. The van der Waals surface area contributed by atoms with Crippen LogP contribution < -0.4 is 5.32 Å². The molecule has 0 aliphatic heterocycles. The van der Waals surface area contributed by atoms with E-state index in [9.17, 15) is 4.79 Å². The molecule has 0 bridgehead atoms. The molecule has 1 atom stereocenters. The number of hydrogen-bond acceptors (Lipinski definition) is 3. The van der Waals surface area contributed by atoms with Crippen LogP contribution >= 0.6 is 0 Å². The minimum absolute atomic E-state index is 0.102. The predicted molar refractivity (Wildman–Crippen MR) is 179 cm³/mol. The summed E-state index contributed by atoms with van der Waals surface area (Å²) in [6.07, 6.45) is 14.8. The minimum Gasteiger partial charge on any atom is -0.374 e. The lowest BCUT2D eigenvalue weighted by Gasteiger charge is -2.37. The molecule has 4 heteroatoms. The molecule has 0 saturated carbocycles. The molecule has 3 rings (SSSR count). The van der Waals surface area contributed by atoms with Gasteiger partial charge in [0.15, 0.2) is 0 Å². The monoisotopic (exact) mass is 585 g/mol. The Morgan fingerprint density at radius 2 is 1.07 bits per heavy atom. The van der Waals surface area contributed by atoms with Crippen LogP contribution in [0.25, 0.3) is 0 Å². The van der Waals surface area contributed by atoms with Crippen molar-refractivity contribution in [1.29, 1.82) is 0 Å². The molecule has 0 spiro atoms. The maximum absolute atomic E-state index is 12.8. The van der Waals surface area contributed by atoms with Crippen LogP contribution in [0.5, 0.6) is 0 Å². The SMILES string of the molecule is CCCCCCCCCCCC(=O)NCC(COC(c1ccccc1)(c1ccccc1)c1ccccc1)OCCCCC. The average molecular weight is 586 g/mol. The van der Waals surface area contributed by atoms with E-state index in [-0.39, 0.29) is 12.0 Å². The number of nitrogens with one attached hydrogen (secondary N) is 1. The normalized spacial score (nSPS) is 12.2. The first kappa shape index (κ1) is 34.5. The van der Waals surface area contributed by atoms with Crippen molar-refractivity contribution in [2.75, 3.05) is 19.8 Å². The van der Waals surface area contributed by atoms with Gasteiger partial charge in [-0.15, -0.1) is 0 Å². The van der Waals surface area contributed by atoms with Crippen molar-refractivity contribution >= 4 is 5.91 Å². The van der Waals surface area contributed by atoms with E-state index in [1.165, 1.54) is 44.9 Å². The molecule has 3 aromatic carbocycles. The standard InChI is InChI=1S/C39H55NO3/c1-3-5-7-8-9-10-11-12-22-30-38(41)40-32-37(42-31-23-6-4-2)33-43-39(34-24-16-13-17-25-34,35-26-18-14-19-27-35)36-28-20-15-21-29-36/h13-21,24-29,37H,3-12,22-23,30-33H2,1-2H3,(H,40,41). The lowest BCUT2D eigenvalue weighted by Crippen LogP contribution is -2.41. The summed E-state index contributed by atoms with van der Waals surface area (Å²) in [5, 5.41) is 3.16. The molecule has 0 aliphatic rings. The number of benzene rings is 3. The summed E-state index contributed by atoms with van der Waals surface area (Å²) in [6.45, 7) is 5.90. The summed E-state index contributed by atoms with van der Waals surface area (Å²) in [6, 6.07) is 31.2. The number of carbonyl (C=O) groups is 1. The fraction of sp³-hybridized carbons (Fsp3) is 0.513. The molecule has 4 nitrogen and oxygen atoms in total. The third-order valence-corrected chi connectivity index (χ3v) is 8.16. The van der Waals surface area contributed by atoms with Crippen LogP contribution in [-0.4, -0.2) is 31.8 Å². The molecule has 0 aromatic heterocycles. The molecule has 3 aromatic rings. The topological polar surface area (TPSA) is 47.6 Å². The number of ether oxygens (including phenoxy) is 2. The third kappa shape index (κ3) is 11.9. The van der Waals surface area contributed by atoms with Crippen molar-refractivity contribution < 1.29 is 14.3 Å². The van der Waals surface area contributed by atoms with E-state index < -0.39 is 5.60 Å². The Bertz CT molecular complexity index is 1010. The number of amides is 1. The molecule has 0 saturated heterocycles. The van der Waals surface area contributed by atoms with Gasteiger partial charge in [0.05, 0.1) is 12.7 Å². The van der Waals surface area contributed by atoms with E-state index in [4.69, 9.17) is 9.47 Å². The van der Waals surface area contributed by atoms with Gasteiger partial charge in [-0.2, -0.15) is 0 Å². The van der Waals surface area contributed by atoms with Crippen LogP contribution in [-0.2, 0) is 19.9 Å². The molecule has 0 aliphatic carbocycles. The highest BCUT2D eigenvalue weighted by Gasteiger charge is 2.38. The summed E-state index contributed by atoms with van der Waals surface area (Å²) < 4.78 is 13.4. The fourth-order valence-electron chi connectivity index (χ4n) is 5.67. The first-order valence-electron chi connectivity index (χ1n) is 16.9. The highest BCUT2D eigenvalue weighted by molar-refractivity contribution is 5.75. The third-order valence-electron chi connectivity index (χ3n) is 8.16. The van der Waals surface area contributed by atoms with Gasteiger partial charge >= 0.3 is 0 Å². The van der Waals surface area contributed by atoms with Gasteiger partial charge in [-0.05, 0) is 29.5 Å². The van der Waals surface area contributed by atoms with Gasteiger partial charge in [0.25, 0.3) is 0 Å². The summed E-state index contributed by atoms with van der Waals surface area (Å²) in [5.41, 5.74) is 2.37. The van der Waals surface area contributed by atoms with Crippen molar-refractivity contribution in [2.45, 2.75) is 109 Å². The van der Waals surface area contributed by atoms with E-state index in [0.717, 1.165) is 48.8 Å². The molecule has 1 N–H and O–H groups in total. The van der Waals surface area contributed by atoms with Gasteiger partial charge in [-0.3, -0.25) is 4.79 Å². The molecule has 0 radical (unpaired) electrons. The number of hydrogen-bond donors (Lipinski definition) is 1. The number of unbranched alkanes of at least 4 members (excludes halogenated alkanes) is 10. The van der Waals surface area contributed by atoms with Crippen LogP contribution in [0, 0.1) is 0 Å². The highest BCUT2D eigenvalue weighted by atomic mass is 16.5. The second-order valence-corrected chi connectivity index (χ2v) is 11.7. The number of rotatable bonds is 23. The maximum Gasteiger partial charge on any atom is 0.220 e. The van der Waals surface area contributed by atoms with E-state index >= 15 is 0 Å². The lowest BCUT2D eigenvalue weighted by molar-refractivity contribution is -0.122. The summed E-state index contributed by atoms with van der Waals surface area (Å²) >= 11 is 0. The second-order valence-electron chi connectivity index (χ2n) is 11.7. The molecule has 43 heavy (non-hydrogen) atoms. The summed E-state index contributed by atoms with van der Waals surface area (Å²) in [7, 11) is 0. The second kappa shape index (κ2) is 20.9. The molecular formula is C39H55NO3. The quantitative estimate of drug-likeness (QED) is 0.0890.